The molecule has 1 aromatic rings. The number of carbonyl (C=O) groups excluding carboxylic acids is 1. The number of hydrogen-bond acceptors (Lipinski definition) is 3. The van der Waals surface area contributed by atoms with E-state index in [1.165, 1.54) is 23.3 Å². The molecule has 2 rings (SSSR count). The first-order chi connectivity index (χ1) is 8.81. The molecule has 1 aliphatic rings. The second-order valence-electron chi connectivity index (χ2n) is 4.73. The number of rotatable bonds is 6. The lowest BCUT2D eigenvalue weighted by molar-refractivity contribution is 0.0957. The highest BCUT2D eigenvalue weighted by Gasteiger charge is 2.16. The fourth-order valence-electron chi connectivity index (χ4n) is 2.28. The molecule has 0 unspecified atom stereocenters. The normalized spacial score (nSPS) is 14.3. The van der Waals surface area contributed by atoms with Crippen molar-refractivity contribution in [1.29, 1.82) is 0 Å². The highest BCUT2D eigenvalue weighted by molar-refractivity contribution is 7.14. The maximum Gasteiger partial charge on any atom is 0.261 e. The van der Waals surface area contributed by atoms with E-state index in [9.17, 15) is 4.79 Å². The van der Waals surface area contributed by atoms with E-state index in [2.05, 4.69) is 23.6 Å². The topological polar surface area (TPSA) is 41.1 Å². The number of amides is 1. The maximum absolute atomic E-state index is 12.0. The van der Waals surface area contributed by atoms with Crippen LogP contribution in [0.2, 0.25) is 0 Å². The Balaban J connectivity index is 1.80. The average molecular weight is 266 g/mol. The standard InChI is InChI=1S/C14H22N2OS/c1-2-15-8-5-9-16-14(17)13-10-11-6-3-4-7-12(11)18-13/h10,15H,2-9H2,1H3,(H,16,17). The zero-order valence-electron chi connectivity index (χ0n) is 11.1. The van der Waals surface area contributed by atoms with Crippen molar-refractivity contribution in [3.63, 3.8) is 0 Å². The van der Waals surface area contributed by atoms with Gasteiger partial charge in [-0.1, -0.05) is 6.92 Å². The van der Waals surface area contributed by atoms with Gasteiger partial charge in [-0.05, 0) is 56.8 Å². The van der Waals surface area contributed by atoms with Crippen LogP contribution in [-0.2, 0) is 12.8 Å². The zero-order valence-corrected chi connectivity index (χ0v) is 11.9. The van der Waals surface area contributed by atoms with E-state index in [4.69, 9.17) is 0 Å². The molecule has 0 radical (unpaired) electrons. The first kappa shape index (κ1) is 13.6. The van der Waals surface area contributed by atoms with Crippen LogP contribution in [0.4, 0.5) is 0 Å². The van der Waals surface area contributed by atoms with Gasteiger partial charge in [0.15, 0.2) is 0 Å². The molecular formula is C14H22N2OS. The summed E-state index contributed by atoms with van der Waals surface area (Å²) in [6.45, 7) is 4.81. The van der Waals surface area contributed by atoms with Crippen LogP contribution in [-0.4, -0.2) is 25.5 Å². The predicted molar refractivity (Wildman–Crippen MR) is 76.5 cm³/mol. The molecule has 0 fully saturated rings. The van der Waals surface area contributed by atoms with Crippen molar-refractivity contribution in [1.82, 2.24) is 10.6 Å². The molecule has 0 aliphatic heterocycles. The third kappa shape index (κ3) is 3.56. The van der Waals surface area contributed by atoms with Gasteiger partial charge >= 0.3 is 0 Å². The van der Waals surface area contributed by atoms with Gasteiger partial charge in [0.1, 0.15) is 0 Å². The van der Waals surface area contributed by atoms with Gasteiger partial charge in [-0.3, -0.25) is 4.79 Å². The highest BCUT2D eigenvalue weighted by Crippen LogP contribution is 2.29. The highest BCUT2D eigenvalue weighted by atomic mass is 32.1. The minimum absolute atomic E-state index is 0.103. The van der Waals surface area contributed by atoms with Crippen LogP contribution < -0.4 is 10.6 Å². The quantitative estimate of drug-likeness (QED) is 0.776. The molecule has 0 saturated heterocycles. The minimum atomic E-state index is 0.103. The summed E-state index contributed by atoms with van der Waals surface area (Å²) in [5.41, 5.74) is 1.41. The Bertz CT molecular complexity index is 377. The SMILES string of the molecule is CCNCCCNC(=O)c1cc2c(s1)CCCC2. The number of hydrogen-bond donors (Lipinski definition) is 2. The third-order valence-corrected chi connectivity index (χ3v) is 4.52. The fraction of sp³-hybridized carbons (Fsp3) is 0.643. The van der Waals surface area contributed by atoms with Crippen LogP contribution in [0.1, 0.15) is 46.3 Å². The number of aryl methyl sites for hydroxylation is 2. The van der Waals surface area contributed by atoms with E-state index in [1.807, 2.05) is 0 Å². The summed E-state index contributed by atoms with van der Waals surface area (Å²) in [5.74, 6) is 0.103. The second kappa shape index (κ2) is 6.90. The van der Waals surface area contributed by atoms with Gasteiger partial charge in [0.25, 0.3) is 5.91 Å². The lowest BCUT2D eigenvalue weighted by Gasteiger charge is -2.08. The van der Waals surface area contributed by atoms with Gasteiger partial charge < -0.3 is 10.6 Å². The van der Waals surface area contributed by atoms with Gasteiger partial charge in [0, 0.05) is 11.4 Å². The van der Waals surface area contributed by atoms with Gasteiger partial charge in [-0.25, -0.2) is 0 Å². The Morgan fingerprint density at radius 1 is 1.33 bits per heavy atom. The fourth-order valence-corrected chi connectivity index (χ4v) is 3.45. The Hall–Kier alpha value is -0.870. The molecule has 0 saturated carbocycles. The number of fused-ring (bicyclic) bond motifs is 1. The van der Waals surface area contributed by atoms with Crippen molar-refractivity contribution >= 4 is 17.2 Å². The molecule has 0 spiro atoms. The predicted octanol–water partition coefficient (Wildman–Crippen LogP) is 2.36. The zero-order chi connectivity index (χ0) is 12.8. The first-order valence-corrected chi connectivity index (χ1v) is 7.73. The Kier molecular flexibility index (Phi) is 5.20. The van der Waals surface area contributed by atoms with Crippen molar-refractivity contribution in [2.75, 3.05) is 19.6 Å². The van der Waals surface area contributed by atoms with Crippen molar-refractivity contribution < 1.29 is 4.79 Å². The molecule has 100 valence electrons. The largest absolute Gasteiger partial charge is 0.351 e. The molecule has 18 heavy (non-hydrogen) atoms. The van der Waals surface area contributed by atoms with E-state index in [-0.39, 0.29) is 5.91 Å². The summed E-state index contributed by atoms with van der Waals surface area (Å²) in [5, 5.41) is 6.25. The smallest absolute Gasteiger partial charge is 0.261 e. The Morgan fingerprint density at radius 2 is 2.17 bits per heavy atom. The van der Waals surface area contributed by atoms with Crippen molar-refractivity contribution in [3.05, 3.63) is 21.4 Å². The van der Waals surface area contributed by atoms with E-state index in [0.717, 1.165) is 43.8 Å². The van der Waals surface area contributed by atoms with Crippen molar-refractivity contribution in [2.24, 2.45) is 0 Å². The molecule has 1 amide bonds. The second-order valence-corrected chi connectivity index (χ2v) is 5.87. The minimum Gasteiger partial charge on any atom is -0.351 e. The first-order valence-electron chi connectivity index (χ1n) is 6.91. The summed E-state index contributed by atoms with van der Waals surface area (Å²) in [6, 6.07) is 2.10. The van der Waals surface area contributed by atoms with Gasteiger partial charge in [0.2, 0.25) is 0 Å². The third-order valence-electron chi connectivity index (χ3n) is 3.29. The maximum atomic E-state index is 12.0. The molecule has 1 aromatic heterocycles. The number of thiophene rings is 1. The lowest BCUT2D eigenvalue weighted by Crippen LogP contribution is -2.26. The molecule has 1 heterocycles. The molecule has 1 aliphatic carbocycles. The van der Waals surface area contributed by atoms with E-state index < -0.39 is 0 Å². The molecular weight excluding hydrogens is 244 g/mol. The van der Waals surface area contributed by atoms with Crippen LogP contribution >= 0.6 is 11.3 Å². The van der Waals surface area contributed by atoms with Crippen molar-refractivity contribution in [3.8, 4) is 0 Å². The summed E-state index contributed by atoms with van der Waals surface area (Å²) in [4.78, 5) is 14.3. The molecule has 0 atom stereocenters. The molecule has 3 nitrogen and oxygen atoms in total. The average Bonchev–Trinajstić information content (AvgIpc) is 2.82. The van der Waals surface area contributed by atoms with Crippen LogP contribution in [0.5, 0.6) is 0 Å². The van der Waals surface area contributed by atoms with Gasteiger partial charge in [-0.2, -0.15) is 0 Å². The van der Waals surface area contributed by atoms with E-state index in [0.29, 0.717) is 0 Å². The van der Waals surface area contributed by atoms with E-state index in [1.54, 1.807) is 11.3 Å². The molecule has 0 aromatic carbocycles. The van der Waals surface area contributed by atoms with Crippen LogP contribution in [0.15, 0.2) is 6.07 Å². The van der Waals surface area contributed by atoms with Gasteiger partial charge in [0.05, 0.1) is 4.88 Å². The molecule has 2 N–H and O–H groups in total. The van der Waals surface area contributed by atoms with Crippen LogP contribution in [0, 0.1) is 0 Å². The lowest BCUT2D eigenvalue weighted by atomic mass is 9.99. The number of nitrogens with one attached hydrogen (secondary N) is 2. The van der Waals surface area contributed by atoms with E-state index >= 15 is 0 Å². The van der Waals surface area contributed by atoms with Gasteiger partial charge in [-0.15, -0.1) is 11.3 Å². The summed E-state index contributed by atoms with van der Waals surface area (Å²) >= 11 is 1.68. The Labute approximate surface area is 113 Å². The number of carbonyl (C=O) groups is 1. The Morgan fingerprint density at radius 3 is 2.94 bits per heavy atom. The van der Waals surface area contributed by atoms with Crippen molar-refractivity contribution in [2.45, 2.75) is 39.0 Å². The summed E-state index contributed by atoms with van der Waals surface area (Å²) in [6.07, 6.45) is 5.85. The summed E-state index contributed by atoms with van der Waals surface area (Å²) in [7, 11) is 0. The van der Waals surface area contributed by atoms with Crippen LogP contribution in [0.25, 0.3) is 0 Å². The monoisotopic (exact) mass is 266 g/mol. The molecule has 0 bridgehead atoms. The van der Waals surface area contributed by atoms with Crippen LogP contribution in [0.3, 0.4) is 0 Å². The summed E-state index contributed by atoms with van der Waals surface area (Å²) < 4.78 is 0. The molecule has 4 heteroatoms.